The van der Waals surface area contributed by atoms with Crippen molar-refractivity contribution in [3.8, 4) is 16.9 Å². The number of nitrogens with zero attached hydrogens (tertiary/aromatic N) is 1. The number of aromatic nitrogens is 1. The molecule has 168 valence electrons. The van der Waals surface area contributed by atoms with E-state index in [0.717, 1.165) is 16.7 Å². The molecule has 4 aromatic rings. The number of rotatable bonds is 6. The third-order valence-corrected chi connectivity index (χ3v) is 6.03. The van der Waals surface area contributed by atoms with Crippen molar-refractivity contribution in [2.75, 3.05) is 11.9 Å². The molecule has 2 N–H and O–H groups in total. The molecule has 0 aliphatic heterocycles. The normalized spacial score (nSPS) is 10.8. The monoisotopic (exact) mass is 462 g/mol. The standard InChI is InChI=1S/C25H22N2O5S/c1-3-32-25(31)21-22(29)24(30)27(20-10-11-33-23(20)21)14-16-6-4-7-17(12-16)18-8-5-9-19(13-18)26-15(2)28/h4-13,29H,3,14H2,1-2H3,(H,26,28). The van der Waals surface area contributed by atoms with Gasteiger partial charge in [-0.15, -0.1) is 11.3 Å². The van der Waals surface area contributed by atoms with E-state index in [0.29, 0.717) is 15.9 Å². The molecule has 0 fully saturated rings. The van der Waals surface area contributed by atoms with Crippen LogP contribution in [0.2, 0.25) is 0 Å². The lowest BCUT2D eigenvalue weighted by atomic mass is 10.0. The molecule has 4 rings (SSSR count). The fraction of sp³-hybridized carbons (Fsp3) is 0.160. The van der Waals surface area contributed by atoms with Gasteiger partial charge in [-0.1, -0.05) is 30.3 Å². The van der Waals surface area contributed by atoms with Gasteiger partial charge < -0.3 is 15.2 Å². The topological polar surface area (TPSA) is 97.6 Å². The molecule has 2 aromatic heterocycles. The van der Waals surface area contributed by atoms with Gasteiger partial charge in [0.15, 0.2) is 5.75 Å². The molecule has 33 heavy (non-hydrogen) atoms. The van der Waals surface area contributed by atoms with E-state index in [1.165, 1.54) is 22.8 Å². The summed E-state index contributed by atoms with van der Waals surface area (Å²) >= 11 is 1.27. The maximum absolute atomic E-state index is 13.0. The number of hydrogen-bond acceptors (Lipinski definition) is 6. The Hall–Kier alpha value is -3.91. The zero-order valence-electron chi connectivity index (χ0n) is 18.1. The van der Waals surface area contributed by atoms with Crippen LogP contribution in [0.1, 0.15) is 29.8 Å². The minimum absolute atomic E-state index is 0.0911. The molecule has 0 unspecified atom stereocenters. The van der Waals surface area contributed by atoms with Crippen LogP contribution in [0.5, 0.6) is 5.75 Å². The largest absolute Gasteiger partial charge is 0.502 e. The first-order valence-electron chi connectivity index (χ1n) is 10.4. The first-order valence-corrected chi connectivity index (χ1v) is 11.2. The van der Waals surface area contributed by atoms with Crippen LogP contribution in [-0.4, -0.2) is 28.2 Å². The van der Waals surface area contributed by atoms with Crippen molar-refractivity contribution in [1.29, 1.82) is 0 Å². The molecule has 0 spiro atoms. The van der Waals surface area contributed by atoms with Crippen molar-refractivity contribution in [3.05, 3.63) is 81.5 Å². The summed E-state index contributed by atoms with van der Waals surface area (Å²) in [4.78, 5) is 36.7. The second kappa shape index (κ2) is 9.30. The third-order valence-electron chi connectivity index (χ3n) is 5.11. The Morgan fingerprint density at radius 3 is 2.55 bits per heavy atom. The number of aromatic hydroxyl groups is 1. The van der Waals surface area contributed by atoms with Crippen molar-refractivity contribution in [1.82, 2.24) is 4.57 Å². The van der Waals surface area contributed by atoms with E-state index in [1.807, 2.05) is 48.5 Å². The SMILES string of the molecule is CCOC(=O)c1c(O)c(=O)n(Cc2cccc(-c3cccc(NC(C)=O)c3)c2)c2ccsc12. The van der Waals surface area contributed by atoms with Crippen LogP contribution in [0, 0.1) is 0 Å². The number of carbonyl (C=O) groups is 2. The highest BCUT2D eigenvalue weighted by Gasteiger charge is 2.23. The maximum Gasteiger partial charge on any atom is 0.343 e. The molecule has 0 bridgehead atoms. The summed E-state index contributed by atoms with van der Waals surface area (Å²) in [6.45, 7) is 3.48. The van der Waals surface area contributed by atoms with Crippen molar-refractivity contribution in [2.24, 2.45) is 0 Å². The smallest absolute Gasteiger partial charge is 0.343 e. The van der Waals surface area contributed by atoms with Crippen molar-refractivity contribution in [3.63, 3.8) is 0 Å². The molecule has 1 amide bonds. The van der Waals surface area contributed by atoms with Gasteiger partial charge in [-0.3, -0.25) is 14.2 Å². The van der Waals surface area contributed by atoms with E-state index >= 15 is 0 Å². The molecule has 8 heteroatoms. The number of esters is 1. The van der Waals surface area contributed by atoms with Gasteiger partial charge in [-0.05, 0) is 53.3 Å². The number of fused-ring (bicyclic) bond motifs is 1. The third kappa shape index (κ3) is 4.51. The van der Waals surface area contributed by atoms with E-state index in [1.54, 1.807) is 18.4 Å². The number of pyridine rings is 1. The van der Waals surface area contributed by atoms with Gasteiger partial charge in [0.05, 0.1) is 23.4 Å². The highest BCUT2D eigenvalue weighted by atomic mass is 32.1. The Kier molecular flexibility index (Phi) is 6.28. The summed E-state index contributed by atoms with van der Waals surface area (Å²) in [7, 11) is 0. The van der Waals surface area contributed by atoms with Gasteiger partial charge in [-0.25, -0.2) is 4.79 Å². The second-order valence-electron chi connectivity index (χ2n) is 7.43. The van der Waals surface area contributed by atoms with Gasteiger partial charge >= 0.3 is 5.97 Å². The first-order chi connectivity index (χ1) is 15.9. The number of thiophene rings is 1. The Morgan fingerprint density at radius 1 is 1.09 bits per heavy atom. The molecule has 0 saturated heterocycles. The molecule has 0 radical (unpaired) electrons. The fourth-order valence-corrected chi connectivity index (χ4v) is 4.64. The number of benzene rings is 2. The van der Waals surface area contributed by atoms with Gasteiger partial charge in [-0.2, -0.15) is 0 Å². The van der Waals surface area contributed by atoms with Crippen LogP contribution in [0.15, 0.2) is 64.8 Å². The van der Waals surface area contributed by atoms with Crippen LogP contribution in [-0.2, 0) is 16.1 Å². The number of nitrogens with one attached hydrogen (secondary N) is 1. The number of ether oxygens (including phenoxy) is 1. The first kappa shape index (κ1) is 22.3. The summed E-state index contributed by atoms with van der Waals surface area (Å²) in [5.74, 6) is -1.47. The lowest BCUT2D eigenvalue weighted by molar-refractivity contribution is -0.114. The van der Waals surface area contributed by atoms with Crippen LogP contribution >= 0.6 is 11.3 Å². The van der Waals surface area contributed by atoms with Crippen LogP contribution < -0.4 is 10.9 Å². The second-order valence-corrected chi connectivity index (χ2v) is 8.35. The minimum Gasteiger partial charge on any atom is -0.502 e. The van der Waals surface area contributed by atoms with Gasteiger partial charge in [0.1, 0.15) is 5.56 Å². The summed E-state index contributed by atoms with van der Waals surface area (Å²) in [5.41, 5.74) is 3.19. The Morgan fingerprint density at radius 2 is 1.82 bits per heavy atom. The molecule has 2 heterocycles. The molecule has 0 aliphatic rings. The lowest BCUT2D eigenvalue weighted by Crippen LogP contribution is -2.23. The van der Waals surface area contributed by atoms with E-state index in [9.17, 15) is 19.5 Å². The lowest BCUT2D eigenvalue weighted by Gasteiger charge is -2.13. The van der Waals surface area contributed by atoms with E-state index < -0.39 is 17.3 Å². The van der Waals surface area contributed by atoms with Crippen LogP contribution in [0.3, 0.4) is 0 Å². The predicted molar refractivity (Wildman–Crippen MR) is 129 cm³/mol. The van der Waals surface area contributed by atoms with Crippen LogP contribution in [0.4, 0.5) is 5.69 Å². The average Bonchev–Trinajstić information content (AvgIpc) is 3.26. The van der Waals surface area contributed by atoms with E-state index in [-0.39, 0.29) is 24.6 Å². The highest BCUT2D eigenvalue weighted by Crippen LogP contribution is 2.30. The van der Waals surface area contributed by atoms with E-state index in [4.69, 9.17) is 4.74 Å². The van der Waals surface area contributed by atoms with Gasteiger partial charge in [0.25, 0.3) is 5.56 Å². The molecule has 7 nitrogen and oxygen atoms in total. The molecular formula is C25H22N2O5S. The highest BCUT2D eigenvalue weighted by molar-refractivity contribution is 7.17. The van der Waals surface area contributed by atoms with Crippen molar-refractivity contribution >= 4 is 39.1 Å². The predicted octanol–water partition coefficient (Wildman–Crippen LogP) is 4.62. The number of carbonyl (C=O) groups excluding carboxylic acids is 2. The summed E-state index contributed by atoms with van der Waals surface area (Å²) in [6, 6.07) is 16.9. The molecular weight excluding hydrogens is 440 g/mol. The summed E-state index contributed by atoms with van der Waals surface area (Å²) in [5, 5.41) is 15.1. The fourth-order valence-electron chi connectivity index (χ4n) is 3.72. The van der Waals surface area contributed by atoms with Crippen LogP contribution in [0.25, 0.3) is 21.3 Å². The Bertz CT molecular complexity index is 1420. The number of amides is 1. The van der Waals surface area contributed by atoms with Gasteiger partial charge in [0, 0.05) is 12.6 Å². The zero-order valence-corrected chi connectivity index (χ0v) is 18.9. The zero-order chi connectivity index (χ0) is 23.5. The Balaban J connectivity index is 1.74. The van der Waals surface area contributed by atoms with Crippen molar-refractivity contribution in [2.45, 2.75) is 20.4 Å². The molecule has 0 saturated carbocycles. The molecule has 0 aliphatic carbocycles. The molecule has 0 atom stereocenters. The average molecular weight is 463 g/mol. The summed E-state index contributed by atoms with van der Waals surface area (Å²) < 4.78 is 6.99. The van der Waals surface area contributed by atoms with Crippen molar-refractivity contribution < 1.29 is 19.4 Å². The minimum atomic E-state index is -0.715. The number of anilines is 1. The Labute approximate surface area is 193 Å². The van der Waals surface area contributed by atoms with Gasteiger partial charge in [0.2, 0.25) is 5.91 Å². The summed E-state index contributed by atoms with van der Waals surface area (Å²) in [6.07, 6.45) is 0. The quantitative estimate of drug-likeness (QED) is 0.408. The van der Waals surface area contributed by atoms with E-state index in [2.05, 4.69) is 5.32 Å². The number of hydrogen-bond donors (Lipinski definition) is 2. The molecule has 2 aromatic carbocycles. The maximum atomic E-state index is 13.0.